The van der Waals surface area contributed by atoms with Gasteiger partial charge in [0.15, 0.2) is 11.5 Å². The van der Waals surface area contributed by atoms with Gasteiger partial charge < -0.3 is 24.1 Å². The van der Waals surface area contributed by atoms with E-state index in [2.05, 4.69) is 0 Å². The van der Waals surface area contributed by atoms with Crippen molar-refractivity contribution >= 4 is 5.71 Å². The monoisotopic (exact) mass is 432 g/mol. The Balaban J connectivity index is 1.61. The Hall–Kier alpha value is -3.87. The number of hydrazone groups is 1. The van der Waals surface area contributed by atoms with Crippen molar-refractivity contribution in [3.8, 4) is 28.7 Å². The van der Waals surface area contributed by atoms with Crippen molar-refractivity contribution in [1.82, 2.24) is 5.01 Å². The van der Waals surface area contributed by atoms with Gasteiger partial charge in [-0.15, -0.1) is 0 Å². The predicted octanol–water partition coefficient (Wildman–Crippen LogP) is 4.66. The van der Waals surface area contributed by atoms with Gasteiger partial charge in [0, 0.05) is 23.1 Å². The van der Waals surface area contributed by atoms with Crippen molar-refractivity contribution in [2.24, 2.45) is 5.10 Å². The van der Waals surface area contributed by atoms with E-state index < -0.39 is 6.23 Å². The molecule has 0 unspecified atom stereocenters. The maximum absolute atomic E-state index is 10.5. The molecule has 2 aliphatic rings. The van der Waals surface area contributed by atoms with Crippen LogP contribution in [0.25, 0.3) is 0 Å². The highest BCUT2D eigenvalue weighted by Crippen LogP contribution is 2.51. The Morgan fingerprint density at radius 2 is 1.69 bits per heavy atom. The van der Waals surface area contributed by atoms with Crippen LogP contribution in [0, 0.1) is 0 Å². The van der Waals surface area contributed by atoms with Crippen LogP contribution in [-0.2, 0) is 0 Å². The lowest BCUT2D eigenvalue weighted by molar-refractivity contribution is -0.0209. The molecule has 0 saturated carbocycles. The van der Waals surface area contributed by atoms with Crippen LogP contribution in [0.1, 0.15) is 35.4 Å². The van der Waals surface area contributed by atoms with Gasteiger partial charge in [0.25, 0.3) is 0 Å². The Labute approximate surface area is 186 Å². The molecule has 32 heavy (non-hydrogen) atoms. The Bertz CT molecular complexity index is 1180. The molecule has 2 heterocycles. The number of hydrogen-bond acceptors (Lipinski definition) is 7. The SMILES string of the molecule is COc1ccc([C@@H]2Oc3c(OC)cccc3[C@@H]3CC(c4cc(OC)ccc4O)=NN32)cc1. The highest BCUT2D eigenvalue weighted by Gasteiger charge is 2.42. The summed E-state index contributed by atoms with van der Waals surface area (Å²) < 4.78 is 22.7. The molecule has 0 saturated heterocycles. The zero-order valence-corrected chi connectivity index (χ0v) is 18.1. The predicted molar refractivity (Wildman–Crippen MR) is 120 cm³/mol. The lowest BCUT2D eigenvalue weighted by Crippen LogP contribution is -2.33. The molecule has 2 atom stereocenters. The molecule has 0 aromatic heterocycles. The lowest BCUT2D eigenvalue weighted by atomic mass is 9.95. The van der Waals surface area contributed by atoms with Gasteiger partial charge in [-0.25, -0.2) is 5.01 Å². The summed E-state index contributed by atoms with van der Waals surface area (Å²) in [7, 11) is 4.88. The van der Waals surface area contributed by atoms with Crippen LogP contribution >= 0.6 is 0 Å². The molecule has 7 heteroatoms. The average Bonchev–Trinajstić information content (AvgIpc) is 3.29. The third-order valence-electron chi connectivity index (χ3n) is 5.92. The minimum atomic E-state index is -0.458. The van der Waals surface area contributed by atoms with Crippen molar-refractivity contribution in [3.05, 3.63) is 77.4 Å². The topological polar surface area (TPSA) is 72.8 Å². The molecule has 0 aliphatic carbocycles. The molecule has 0 amide bonds. The fourth-order valence-electron chi connectivity index (χ4n) is 4.27. The summed E-state index contributed by atoms with van der Waals surface area (Å²) in [5.41, 5.74) is 3.35. The summed E-state index contributed by atoms with van der Waals surface area (Å²) in [4.78, 5) is 0. The fourth-order valence-corrected chi connectivity index (χ4v) is 4.27. The Morgan fingerprint density at radius 3 is 2.41 bits per heavy atom. The number of phenolic OH excluding ortho intramolecular Hbond substituents is 1. The van der Waals surface area contributed by atoms with Gasteiger partial charge in [-0.2, -0.15) is 5.10 Å². The van der Waals surface area contributed by atoms with E-state index in [1.165, 1.54) is 0 Å². The number of phenols is 1. The molecule has 7 nitrogen and oxygen atoms in total. The molecule has 164 valence electrons. The number of para-hydroxylation sites is 1. The van der Waals surface area contributed by atoms with E-state index >= 15 is 0 Å². The van der Waals surface area contributed by atoms with Crippen LogP contribution in [0.15, 0.2) is 65.8 Å². The molecule has 0 spiro atoms. The van der Waals surface area contributed by atoms with E-state index in [4.69, 9.17) is 24.0 Å². The molecular weight excluding hydrogens is 408 g/mol. The first-order valence-corrected chi connectivity index (χ1v) is 10.3. The quantitative estimate of drug-likeness (QED) is 0.632. The number of fused-ring (bicyclic) bond motifs is 3. The van der Waals surface area contributed by atoms with Crippen LogP contribution in [0.4, 0.5) is 0 Å². The first-order valence-electron chi connectivity index (χ1n) is 10.3. The normalized spacial score (nSPS) is 18.8. The van der Waals surface area contributed by atoms with Gasteiger partial charge in [0.05, 0.1) is 33.1 Å². The van der Waals surface area contributed by atoms with Gasteiger partial charge in [0.1, 0.15) is 17.2 Å². The van der Waals surface area contributed by atoms with Gasteiger partial charge in [-0.3, -0.25) is 0 Å². The van der Waals surface area contributed by atoms with Crippen molar-refractivity contribution in [3.63, 3.8) is 0 Å². The molecule has 2 aliphatic heterocycles. The van der Waals surface area contributed by atoms with E-state index in [0.29, 0.717) is 29.2 Å². The average molecular weight is 432 g/mol. The second kappa shape index (κ2) is 8.00. The standard InChI is InChI=1S/C25H24N2O5/c1-29-16-9-7-15(8-10-16)25-27-21(18-5-4-6-23(31-3)24(18)32-25)14-20(26-27)19-13-17(30-2)11-12-22(19)28/h4-13,21,25,28H,14H2,1-3H3/t21-,25-/m0/s1. The van der Waals surface area contributed by atoms with Crippen LogP contribution < -0.4 is 18.9 Å². The van der Waals surface area contributed by atoms with Crippen LogP contribution in [0.2, 0.25) is 0 Å². The lowest BCUT2D eigenvalue weighted by Gasteiger charge is -2.38. The fraction of sp³-hybridized carbons (Fsp3) is 0.240. The van der Waals surface area contributed by atoms with E-state index in [1.54, 1.807) is 33.5 Å². The summed E-state index contributed by atoms with van der Waals surface area (Å²) in [5, 5.41) is 17.4. The number of nitrogens with zero attached hydrogens (tertiary/aromatic N) is 2. The highest BCUT2D eigenvalue weighted by atomic mass is 16.5. The molecule has 0 bridgehead atoms. The molecule has 0 fully saturated rings. The first kappa shape index (κ1) is 20.1. The zero-order valence-electron chi connectivity index (χ0n) is 18.1. The van der Waals surface area contributed by atoms with Crippen LogP contribution in [0.3, 0.4) is 0 Å². The second-order valence-electron chi connectivity index (χ2n) is 7.65. The maximum atomic E-state index is 10.5. The van der Waals surface area contributed by atoms with Crippen LogP contribution in [-0.4, -0.2) is 37.2 Å². The smallest absolute Gasteiger partial charge is 0.214 e. The number of ether oxygens (including phenoxy) is 4. The summed E-state index contributed by atoms with van der Waals surface area (Å²) in [6, 6.07) is 18.7. The first-order chi connectivity index (χ1) is 15.6. The van der Waals surface area contributed by atoms with Gasteiger partial charge in [0.2, 0.25) is 6.23 Å². The van der Waals surface area contributed by atoms with E-state index in [1.807, 2.05) is 53.5 Å². The van der Waals surface area contributed by atoms with Gasteiger partial charge in [-0.1, -0.05) is 12.1 Å². The summed E-state index contributed by atoms with van der Waals surface area (Å²) in [6.45, 7) is 0. The maximum Gasteiger partial charge on any atom is 0.214 e. The zero-order chi connectivity index (χ0) is 22.2. The van der Waals surface area contributed by atoms with E-state index in [-0.39, 0.29) is 11.8 Å². The van der Waals surface area contributed by atoms with Gasteiger partial charge in [-0.05, 0) is 48.5 Å². The van der Waals surface area contributed by atoms with Crippen molar-refractivity contribution in [1.29, 1.82) is 0 Å². The molecule has 0 radical (unpaired) electrons. The summed E-state index contributed by atoms with van der Waals surface area (Å²) >= 11 is 0. The molecular formula is C25H24N2O5. The van der Waals surface area contributed by atoms with Crippen molar-refractivity contribution < 1.29 is 24.1 Å². The molecule has 5 rings (SSSR count). The van der Waals surface area contributed by atoms with Gasteiger partial charge >= 0.3 is 0 Å². The van der Waals surface area contributed by atoms with E-state index in [9.17, 15) is 5.11 Å². The minimum Gasteiger partial charge on any atom is -0.507 e. The highest BCUT2D eigenvalue weighted by molar-refractivity contribution is 6.04. The number of benzene rings is 3. The Morgan fingerprint density at radius 1 is 0.938 bits per heavy atom. The summed E-state index contributed by atoms with van der Waals surface area (Å²) in [5.74, 6) is 2.99. The van der Waals surface area contributed by atoms with E-state index in [0.717, 1.165) is 22.6 Å². The summed E-state index contributed by atoms with van der Waals surface area (Å²) in [6.07, 6.45) is 0.150. The Kier molecular flexibility index (Phi) is 5.01. The third-order valence-corrected chi connectivity index (χ3v) is 5.92. The van der Waals surface area contributed by atoms with Crippen molar-refractivity contribution in [2.75, 3.05) is 21.3 Å². The number of rotatable bonds is 5. The number of aromatic hydroxyl groups is 1. The molecule has 3 aromatic rings. The molecule has 1 N–H and O–H groups in total. The number of hydrogen-bond donors (Lipinski definition) is 1. The minimum absolute atomic E-state index is 0.0680. The van der Waals surface area contributed by atoms with Crippen molar-refractivity contribution in [2.45, 2.75) is 18.7 Å². The second-order valence-corrected chi connectivity index (χ2v) is 7.65. The number of methoxy groups -OCH3 is 3. The third kappa shape index (κ3) is 3.26. The van der Waals surface area contributed by atoms with Crippen LogP contribution in [0.5, 0.6) is 28.7 Å². The largest absolute Gasteiger partial charge is 0.507 e. The molecule has 3 aromatic carbocycles.